The van der Waals surface area contributed by atoms with Crippen LogP contribution < -0.4 is 4.90 Å². The molecule has 0 saturated carbocycles. The van der Waals surface area contributed by atoms with E-state index in [0.29, 0.717) is 0 Å². The molecule has 2 heteroatoms. The number of para-hydroxylation sites is 3. The molecule has 2 nitrogen and oxygen atoms in total. The largest absolute Gasteiger partial charge is 0.344 e. The van der Waals surface area contributed by atoms with E-state index in [0.717, 1.165) is 6.54 Å². The number of hydrogen-bond donors (Lipinski definition) is 0. The predicted octanol–water partition coefficient (Wildman–Crippen LogP) is 6.56. The van der Waals surface area contributed by atoms with Crippen molar-refractivity contribution in [2.24, 2.45) is 0 Å². The molecule has 2 heterocycles. The molecule has 0 aliphatic carbocycles. The minimum absolute atomic E-state index is 0.931. The van der Waals surface area contributed by atoms with Gasteiger partial charge in [-0.3, -0.25) is 0 Å². The van der Waals surface area contributed by atoms with Crippen molar-refractivity contribution in [2.45, 2.75) is 0 Å². The van der Waals surface area contributed by atoms with Crippen molar-refractivity contribution in [3.05, 3.63) is 104 Å². The van der Waals surface area contributed by atoms with E-state index >= 15 is 0 Å². The Morgan fingerprint density at radius 3 is 1.93 bits per heavy atom. The summed E-state index contributed by atoms with van der Waals surface area (Å²) in [4.78, 5) is 2.13. The van der Waals surface area contributed by atoms with E-state index in [4.69, 9.17) is 0 Å². The Hall–Kier alpha value is -3.52. The van der Waals surface area contributed by atoms with Crippen LogP contribution in [0.3, 0.4) is 0 Å². The van der Waals surface area contributed by atoms with E-state index in [1.807, 2.05) is 12.4 Å². The van der Waals surface area contributed by atoms with E-state index < -0.39 is 0 Å². The highest BCUT2D eigenvalue weighted by molar-refractivity contribution is 6.09. The lowest BCUT2D eigenvalue weighted by Gasteiger charge is -2.23. The van der Waals surface area contributed by atoms with Gasteiger partial charge in [-0.25, -0.2) is 0 Å². The summed E-state index contributed by atoms with van der Waals surface area (Å²) in [7, 11) is 0. The third-order valence-electron chi connectivity index (χ3n) is 4.87. The average molecular weight is 350 g/mol. The maximum Gasteiger partial charge on any atom is 0.0534 e. The molecular formula is C25H22N2. The fourth-order valence-electron chi connectivity index (χ4n) is 3.60. The van der Waals surface area contributed by atoms with E-state index in [-0.39, 0.29) is 0 Å². The van der Waals surface area contributed by atoms with Gasteiger partial charge in [0, 0.05) is 29.2 Å². The van der Waals surface area contributed by atoms with Gasteiger partial charge in [0.2, 0.25) is 0 Å². The molecule has 0 N–H and O–H groups in total. The topological polar surface area (TPSA) is 8.17 Å². The summed E-state index contributed by atoms with van der Waals surface area (Å²) in [5.74, 6) is 0. The summed E-state index contributed by atoms with van der Waals surface area (Å²) in [6, 6.07) is 25.1. The Labute approximate surface area is 160 Å². The predicted molar refractivity (Wildman–Crippen MR) is 119 cm³/mol. The molecule has 0 unspecified atom stereocenters. The first-order valence-corrected chi connectivity index (χ1v) is 9.08. The summed E-state index contributed by atoms with van der Waals surface area (Å²) in [6.45, 7) is 8.57. The first-order valence-electron chi connectivity index (χ1n) is 9.08. The van der Waals surface area contributed by atoms with Gasteiger partial charge in [-0.1, -0.05) is 79.9 Å². The highest BCUT2D eigenvalue weighted by Gasteiger charge is 2.08. The van der Waals surface area contributed by atoms with Gasteiger partial charge >= 0.3 is 0 Å². The average Bonchev–Trinajstić information content (AvgIpc) is 3.07. The number of fused-ring (bicyclic) bond motifs is 4. The summed E-state index contributed by atoms with van der Waals surface area (Å²) in [6.07, 6.45) is 8.02. The van der Waals surface area contributed by atoms with Crippen LogP contribution in [0.4, 0.5) is 5.69 Å². The van der Waals surface area contributed by atoms with Gasteiger partial charge in [-0.05, 0) is 30.0 Å². The summed E-state index contributed by atoms with van der Waals surface area (Å²) < 4.78 is 2.13. The lowest BCUT2D eigenvalue weighted by Crippen LogP contribution is -2.18. The molecule has 0 saturated heterocycles. The van der Waals surface area contributed by atoms with Crippen LogP contribution in [0.5, 0.6) is 0 Å². The van der Waals surface area contributed by atoms with Gasteiger partial charge in [0.05, 0.1) is 11.0 Å². The zero-order chi connectivity index (χ0) is 18.6. The van der Waals surface area contributed by atoms with Crippen molar-refractivity contribution < 1.29 is 0 Å². The second kappa shape index (κ2) is 7.38. The number of aromatic nitrogens is 1. The van der Waals surface area contributed by atoms with Crippen LogP contribution in [0.2, 0.25) is 0 Å². The molecule has 0 radical (unpaired) electrons. The normalized spacial score (nSPS) is 12.4. The van der Waals surface area contributed by atoms with Crippen LogP contribution in [0.15, 0.2) is 98.2 Å². The Morgan fingerprint density at radius 2 is 1.30 bits per heavy atom. The Morgan fingerprint density at radius 1 is 0.704 bits per heavy atom. The molecule has 132 valence electrons. The van der Waals surface area contributed by atoms with E-state index in [2.05, 4.69) is 108 Å². The van der Waals surface area contributed by atoms with E-state index in [1.165, 1.54) is 33.1 Å². The van der Waals surface area contributed by atoms with Gasteiger partial charge in [-0.2, -0.15) is 0 Å². The van der Waals surface area contributed by atoms with Gasteiger partial charge in [-0.15, -0.1) is 0 Å². The third-order valence-corrected chi connectivity index (χ3v) is 4.87. The molecule has 1 aromatic heterocycles. The zero-order valence-electron chi connectivity index (χ0n) is 15.3. The standard InChI is InChI=1S/C14H11N.C11H11N/c1-2-15-13-9-5-3-7-11(13)12-8-4-6-10-14(12)15;1-2-12-9-5-7-10-6-3-4-8-11(10)12/h2-10H,1H2;2-8H,1,9H2. The first kappa shape index (κ1) is 16.9. The van der Waals surface area contributed by atoms with Gasteiger partial charge < -0.3 is 9.47 Å². The molecule has 0 atom stereocenters. The second-order valence-electron chi connectivity index (χ2n) is 6.38. The molecule has 1 aliphatic heterocycles. The molecular weight excluding hydrogens is 328 g/mol. The van der Waals surface area contributed by atoms with Crippen molar-refractivity contribution in [3.8, 4) is 0 Å². The quantitative estimate of drug-likeness (QED) is 0.397. The molecule has 27 heavy (non-hydrogen) atoms. The van der Waals surface area contributed by atoms with Gasteiger partial charge in [0.15, 0.2) is 0 Å². The lowest BCUT2D eigenvalue weighted by atomic mass is 10.1. The van der Waals surface area contributed by atoms with Crippen LogP contribution in [0, 0.1) is 0 Å². The maximum absolute atomic E-state index is 3.87. The lowest BCUT2D eigenvalue weighted by molar-refractivity contribution is 1.08. The summed E-state index contributed by atoms with van der Waals surface area (Å²) in [5.41, 5.74) is 4.95. The minimum atomic E-state index is 0.931. The molecule has 3 aromatic carbocycles. The fourth-order valence-corrected chi connectivity index (χ4v) is 3.60. The van der Waals surface area contributed by atoms with Crippen LogP contribution in [-0.2, 0) is 0 Å². The molecule has 0 fully saturated rings. The zero-order valence-corrected chi connectivity index (χ0v) is 15.3. The van der Waals surface area contributed by atoms with Crippen molar-refractivity contribution in [3.63, 3.8) is 0 Å². The first-order chi connectivity index (χ1) is 13.3. The molecule has 5 rings (SSSR count). The fraction of sp³-hybridized carbons (Fsp3) is 0.0400. The monoisotopic (exact) mass is 350 g/mol. The van der Waals surface area contributed by atoms with Gasteiger partial charge in [0.1, 0.15) is 0 Å². The maximum atomic E-state index is 3.87. The smallest absolute Gasteiger partial charge is 0.0534 e. The summed E-state index contributed by atoms with van der Waals surface area (Å²) >= 11 is 0. The third kappa shape index (κ3) is 3.06. The highest BCUT2D eigenvalue weighted by atomic mass is 15.1. The second-order valence-corrected chi connectivity index (χ2v) is 6.38. The molecule has 0 spiro atoms. The number of rotatable bonds is 2. The van der Waals surface area contributed by atoms with Crippen molar-refractivity contribution >= 4 is 39.8 Å². The molecule has 0 bridgehead atoms. The number of nitrogens with zero attached hydrogens (tertiary/aromatic N) is 2. The van der Waals surface area contributed by atoms with Crippen LogP contribution >= 0.6 is 0 Å². The van der Waals surface area contributed by atoms with Gasteiger partial charge in [0.25, 0.3) is 0 Å². The minimum Gasteiger partial charge on any atom is -0.344 e. The van der Waals surface area contributed by atoms with Crippen LogP contribution in [-0.4, -0.2) is 11.1 Å². The highest BCUT2D eigenvalue weighted by Crippen LogP contribution is 2.28. The van der Waals surface area contributed by atoms with Crippen LogP contribution in [0.25, 0.3) is 34.1 Å². The number of hydrogen-bond acceptors (Lipinski definition) is 1. The number of benzene rings is 3. The Balaban J connectivity index is 0.000000137. The molecule has 4 aromatic rings. The van der Waals surface area contributed by atoms with Crippen molar-refractivity contribution in [2.75, 3.05) is 11.4 Å². The van der Waals surface area contributed by atoms with Crippen molar-refractivity contribution in [1.82, 2.24) is 4.57 Å². The summed E-state index contributed by atoms with van der Waals surface area (Å²) in [5, 5.41) is 2.57. The van der Waals surface area contributed by atoms with Crippen LogP contribution in [0.1, 0.15) is 5.56 Å². The molecule has 1 aliphatic rings. The Bertz CT molecular complexity index is 1090. The van der Waals surface area contributed by atoms with E-state index in [9.17, 15) is 0 Å². The number of anilines is 1. The Kier molecular flexibility index (Phi) is 4.63. The van der Waals surface area contributed by atoms with E-state index in [1.54, 1.807) is 0 Å². The molecule has 0 amide bonds. The SMILES string of the molecule is C=CN1CC=Cc2ccccc21.C=Cn1c2ccccc2c2ccccc21. The van der Waals surface area contributed by atoms with Crippen molar-refractivity contribution in [1.29, 1.82) is 0 Å².